The van der Waals surface area contributed by atoms with Crippen molar-refractivity contribution in [3.63, 3.8) is 0 Å². The number of methoxy groups -OCH3 is 1. The lowest BCUT2D eigenvalue weighted by atomic mass is 9.93. The van der Waals surface area contributed by atoms with Crippen molar-refractivity contribution >= 4 is 5.82 Å². The Bertz CT molecular complexity index is 612. The molecule has 2 N–H and O–H groups in total. The van der Waals surface area contributed by atoms with Crippen molar-refractivity contribution in [2.24, 2.45) is 5.92 Å². The molecule has 1 aliphatic heterocycles. The second-order valence-corrected chi connectivity index (χ2v) is 6.25. The highest BCUT2D eigenvalue weighted by atomic mass is 16.5. The van der Waals surface area contributed by atoms with E-state index in [0.29, 0.717) is 11.7 Å². The van der Waals surface area contributed by atoms with Crippen LogP contribution < -0.4 is 10.5 Å². The molecule has 5 heteroatoms. The Hall–Kier alpha value is -2.14. The molecule has 122 valence electrons. The average Bonchev–Trinajstić information content (AvgIpc) is 2.58. The summed E-state index contributed by atoms with van der Waals surface area (Å²) in [6, 6.07) is 12.2. The van der Waals surface area contributed by atoms with Gasteiger partial charge >= 0.3 is 0 Å². The van der Waals surface area contributed by atoms with Crippen molar-refractivity contribution < 1.29 is 4.74 Å². The van der Waals surface area contributed by atoms with E-state index in [1.807, 2.05) is 24.3 Å². The Morgan fingerprint density at radius 3 is 2.70 bits per heavy atom. The van der Waals surface area contributed by atoms with E-state index in [-0.39, 0.29) is 0 Å². The van der Waals surface area contributed by atoms with Crippen LogP contribution in [0.5, 0.6) is 5.75 Å². The number of hydrogen-bond donors (Lipinski definition) is 1. The molecular formula is C18H24N4O. The number of nitrogens with two attached hydrogens (primary N) is 1. The Labute approximate surface area is 137 Å². The topological polar surface area (TPSA) is 64.3 Å². The van der Waals surface area contributed by atoms with Gasteiger partial charge in [0, 0.05) is 13.1 Å². The number of likely N-dealkylation sites (tertiary alicyclic amines) is 1. The largest absolute Gasteiger partial charge is 0.497 e. The number of hydrogen-bond acceptors (Lipinski definition) is 5. The summed E-state index contributed by atoms with van der Waals surface area (Å²) >= 11 is 0. The molecule has 5 nitrogen and oxygen atoms in total. The predicted molar refractivity (Wildman–Crippen MR) is 91.1 cm³/mol. The normalized spacial score (nSPS) is 18.7. The zero-order chi connectivity index (χ0) is 16.1. The van der Waals surface area contributed by atoms with Crippen LogP contribution >= 0.6 is 0 Å². The third-order valence-electron chi connectivity index (χ3n) is 4.41. The van der Waals surface area contributed by atoms with Crippen LogP contribution in [0.2, 0.25) is 0 Å². The SMILES string of the molecule is COc1ccc(CN2CCCC(Cc3ccc(N)nn3)C2)cc1. The fourth-order valence-corrected chi connectivity index (χ4v) is 3.23. The van der Waals surface area contributed by atoms with Crippen molar-refractivity contribution in [2.45, 2.75) is 25.8 Å². The average molecular weight is 312 g/mol. The Kier molecular flexibility index (Phi) is 5.08. The number of anilines is 1. The van der Waals surface area contributed by atoms with Crippen molar-refractivity contribution in [3.8, 4) is 5.75 Å². The second-order valence-electron chi connectivity index (χ2n) is 6.25. The predicted octanol–water partition coefficient (Wildman–Crippen LogP) is 2.52. The van der Waals surface area contributed by atoms with E-state index in [9.17, 15) is 0 Å². The monoisotopic (exact) mass is 312 g/mol. The lowest BCUT2D eigenvalue weighted by Crippen LogP contribution is -2.35. The summed E-state index contributed by atoms with van der Waals surface area (Å²) in [6.07, 6.45) is 3.47. The summed E-state index contributed by atoms with van der Waals surface area (Å²) < 4.78 is 5.22. The third-order valence-corrected chi connectivity index (χ3v) is 4.41. The van der Waals surface area contributed by atoms with E-state index in [0.717, 1.165) is 37.5 Å². The summed E-state index contributed by atoms with van der Waals surface area (Å²) in [6.45, 7) is 3.27. The summed E-state index contributed by atoms with van der Waals surface area (Å²) in [4.78, 5) is 2.53. The summed E-state index contributed by atoms with van der Waals surface area (Å²) in [7, 11) is 1.70. The molecule has 0 aliphatic carbocycles. The van der Waals surface area contributed by atoms with Gasteiger partial charge in [0.1, 0.15) is 11.6 Å². The number of aromatic nitrogens is 2. The molecular weight excluding hydrogens is 288 g/mol. The zero-order valence-corrected chi connectivity index (χ0v) is 13.6. The van der Waals surface area contributed by atoms with Crippen molar-refractivity contribution in [2.75, 3.05) is 25.9 Å². The summed E-state index contributed by atoms with van der Waals surface area (Å²) in [5.41, 5.74) is 7.97. The van der Waals surface area contributed by atoms with E-state index >= 15 is 0 Å². The molecule has 1 aromatic carbocycles. The molecule has 1 unspecified atom stereocenters. The molecule has 2 aromatic rings. The van der Waals surface area contributed by atoms with Crippen LogP contribution in [0.15, 0.2) is 36.4 Å². The number of nitrogen functional groups attached to an aromatic ring is 1. The summed E-state index contributed by atoms with van der Waals surface area (Å²) in [5, 5.41) is 8.14. The fourth-order valence-electron chi connectivity index (χ4n) is 3.23. The number of ether oxygens (including phenoxy) is 1. The van der Waals surface area contributed by atoms with Crippen LogP contribution in [0.3, 0.4) is 0 Å². The molecule has 0 spiro atoms. The highest BCUT2D eigenvalue weighted by molar-refractivity contribution is 5.27. The van der Waals surface area contributed by atoms with E-state index < -0.39 is 0 Å². The molecule has 0 bridgehead atoms. The zero-order valence-electron chi connectivity index (χ0n) is 13.6. The van der Waals surface area contributed by atoms with Gasteiger partial charge in [-0.3, -0.25) is 4.90 Å². The van der Waals surface area contributed by atoms with E-state index in [1.54, 1.807) is 7.11 Å². The molecule has 2 heterocycles. The van der Waals surface area contributed by atoms with Gasteiger partial charge in [0.05, 0.1) is 12.8 Å². The first-order chi connectivity index (χ1) is 11.2. The lowest BCUT2D eigenvalue weighted by Gasteiger charge is -2.32. The first-order valence-electron chi connectivity index (χ1n) is 8.16. The first-order valence-corrected chi connectivity index (χ1v) is 8.16. The minimum atomic E-state index is 0.485. The second kappa shape index (κ2) is 7.42. The Morgan fingerprint density at radius 1 is 1.17 bits per heavy atom. The minimum Gasteiger partial charge on any atom is -0.497 e. The van der Waals surface area contributed by atoms with Crippen LogP contribution in [0.25, 0.3) is 0 Å². The highest BCUT2D eigenvalue weighted by Crippen LogP contribution is 2.22. The molecule has 1 aliphatic rings. The molecule has 0 radical (unpaired) electrons. The highest BCUT2D eigenvalue weighted by Gasteiger charge is 2.20. The molecule has 1 saturated heterocycles. The minimum absolute atomic E-state index is 0.485. The smallest absolute Gasteiger partial charge is 0.146 e. The number of nitrogens with zero attached hydrogens (tertiary/aromatic N) is 3. The van der Waals surface area contributed by atoms with Gasteiger partial charge in [-0.25, -0.2) is 0 Å². The van der Waals surface area contributed by atoms with Gasteiger partial charge in [-0.1, -0.05) is 12.1 Å². The van der Waals surface area contributed by atoms with Gasteiger partial charge in [0.2, 0.25) is 0 Å². The Balaban J connectivity index is 1.55. The van der Waals surface area contributed by atoms with Crippen LogP contribution in [0.4, 0.5) is 5.82 Å². The van der Waals surface area contributed by atoms with Gasteiger partial charge in [-0.2, -0.15) is 5.10 Å². The number of benzene rings is 1. The maximum Gasteiger partial charge on any atom is 0.146 e. The van der Waals surface area contributed by atoms with Gasteiger partial charge in [-0.15, -0.1) is 5.10 Å². The molecule has 1 atom stereocenters. The van der Waals surface area contributed by atoms with Crippen LogP contribution in [-0.2, 0) is 13.0 Å². The summed E-state index contributed by atoms with van der Waals surface area (Å²) in [5.74, 6) is 2.03. The fraction of sp³-hybridized carbons (Fsp3) is 0.444. The van der Waals surface area contributed by atoms with Crippen molar-refractivity contribution in [3.05, 3.63) is 47.7 Å². The Morgan fingerprint density at radius 2 is 2.00 bits per heavy atom. The van der Waals surface area contributed by atoms with Crippen LogP contribution in [0.1, 0.15) is 24.1 Å². The lowest BCUT2D eigenvalue weighted by molar-refractivity contribution is 0.166. The maximum absolute atomic E-state index is 5.60. The van der Waals surface area contributed by atoms with Gasteiger partial charge in [0.25, 0.3) is 0 Å². The number of rotatable bonds is 5. The van der Waals surface area contributed by atoms with Crippen molar-refractivity contribution in [1.29, 1.82) is 0 Å². The van der Waals surface area contributed by atoms with Crippen LogP contribution in [-0.4, -0.2) is 35.3 Å². The maximum atomic E-state index is 5.60. The van der Waals surface area contributed by atoms with E-state index in [1.165, 1.54) is 18.4 Å². The molecule has 23 heavy (non-hydrogen) atoms. The molecule has 0 saturated carbocycles. The standard InChI is InChI=1S/C18H24N4O/c1-23-17-7-4-14(5-8-17)12-22-10-2-3-15(13-22)11-16-6-9-18(19)21-20-16/h4-9,15H,2-3,10-13H2,1H3,(H2,19,21). The van der Waals surface area contributed by atoms with Gasteiger partial charge < -0.3 is 10.5 Å². The third kappa shape index (κ3) is 4.42. The van der Waals surface area contributed by atoms with E-state index in [2.05, 4.69) is 27.2 Å². The molecule has 0 amide bonds. The quantitative estimate of drug-likeness (QED) is 0.919. The van der Waals surface area contributed by atoms with Crippen molar-refractivity contribution in [1.82, 2.24) is 15.1 Å². The van der Waals surface area contributed by atoms with Gasteiger partial charge in [-0.05, 0) is 61.6 Å². The van der Waals surface area contributed by atoms with Crippen LogP contribution in [0, 0.1) is 5.92 Å². The van der Waals surface area contributed by atoms with Gasteiger partial charge in [0.15, 0.2) is 0 Å². The van der Waals surface area contributed by atoms with E-state index in [4.69, 9.17) is 10.5 Å². The molecule has 1 aromatic heterocycles. The molecule has 1 fully saturated rings. The number of piperidine rings is 1. The molecule has 3 rings (SSSR count). The first kappa shape index (κ1) is 15.7.